The summed E-state index contributed by atoms with van der Waals surface area (Å²) in [6.07, 6.45) is 2.22. The summed E-state index contributed by atoms with van der Waals surface area (Å²) in [5, 5.41) is 2.61. The smallest absolute Gasteiger partial charge is 0.407 e. The van der Waals surface area contributed by atoms with Crippen LogP contribution in [0.4, 0.5) is 4.79 Å². The van der Waals surface area contributed by atoms with E-state index >= 15 is 0 Å². The fraction of sp³-hybridized carbons (Fsp3) is 0.900. The molecule has 6 heteroatoms. The number of hydrogen-bond donors (Lipinski definition) is 2. The number of rotatable bonds is 2. The Hall–Kier alpha value is -0.780. The normalized spacial score (nSPS) is 28.8. The highest BCUT2D eigenvalue weighted by atomic mass is 32.2. The summed E-state index contributed by atoms with van der Waals surface area (Å²) in [6.45, 7) is 5.41. The molecule has 1 aliphatic rings. The molecule has 1 rings (SSSR count). The summed E-state index contributed by atoms with van der Waals surface area (Å²) in [4.78, 5) is 11.4. The van der Waals surface area contributed by atoms with Gasteiger partial charge in [-0.15, -0.1) is 0 Å². The van der Waals surface area contributed by atoms with Crippen molar-refractivity contribution in [3.8, 4) is 0 Å². The van der Waals surface area contributed by atoms with Crippen molar-refractivity contribution in [2.24, 2.45) is 0 Å². The van der Waals surface area contributed by atoms with Crippen LogP contribution in [-0.2, 0) is 14.5 Å². The molecule has 16 heavy (non-hydrogen) atoms. The number of alkyl carbamates (subject to hydrolysis) is 1. The molecule has 1 saturated carbocycles. The van der Waals surface area contributed by atoms with Crippen LogP contribution in [0, 0.1) is 4.78 Å². The first-order valence-electron chi connectivity index (χ1n) is 5.30. The van der Waals surface area contributed by atoms with E-state index in [1.165, 1.54) is 6.26 Å². The molecule has 0 bridgehead atoms. The Balaban J connectivity index is 2.31. The molecule has 2 N–H and O–H groups in total. The molecule has 0 aromatic rings. The van der Waals surface area contributed by atoms with Gasteiger partial charge in [0.2, 0.25) is 0 Å². The number of nitrogens with one attached hydrogen (secondary N) is 2. The monoisotopic (exact) mass is 248 g/mol. The first-order chi connectivity index (χ1) is 7.08. The van der Waals surface area contributed by atoms with Crippen LogP contribution >= 0.6 is 0 Å². The second-order valence-corrected chi connectivity index (χ2v) is 7.81. The van der Waals surface area contributed by atoms with Gasteiger partial charge in [-0.2, -0.15) is 0 Å². The van der Waals surface area contributed by atoms with Crippen molar-refractivity contribution in [3.63, 3.8) is 0 Å². The average molecular weight is 248 g/mol. The molecular formula is C10H20N2O3S. The lowest BCUT2D eigenvalue weighted by Crippen LogP contribution is -2.50. The summed E-state index contributed by atoms with van der Waals surface area (Å²) >= 11 is 0. The van der Waals surface area contributed by atoms with Crippen molar-refractivity contribution < 1.29 is 13.7 Å². The van der Waals surface area contributed by atoms with Crippen LogP contribution in [0.25, 0.3) is 0 Å². The molecule has 1 unspecified atom stereocenters. The van der Waals surface area contributed by atoms with Gasteiger partial charge >= 0.3 is 6.09 Å². The van der Waals surface area contributed by atoms with Crippen LogP contribution in [0.15, 0.2) is 0 Å². The van der Waals surface area contributed by atoms with Gasteiger partial charge in [-0.05, 0) is 33.6 Å². The van der Waals surface area contributed by atoms with Crippen LogP contribution in [0.5, 0.6) is 0 Å². The molecule has 1 amide bonds. The van der Waals surface area contributed by atoms with Crippen LogP contribution in [0.2, 0.25) is 0 Å². The number of hydrogen-bond acceptors (Lipinski definition) is 4. The van der Waals surface area contributed by atoms with Gasteiger partial charge in [-0.3, -0.25) is 4.78 Å². The van der Waals surface area contributed by atoms with Gasteiger partial charge in [0.15, 0.2) is 0 Å². The molecular weight excluding hydrogens is 228 g/mol. The van der Waals surface area contributed by atoms with Crippen molar-refractivity contribution in [1.82, 2.24) is 5.32 Å². The first-order valence-corrected chi connectivity index (χ1v) is 7.33. The molecule has 0 aromatic carbocycles. The van der Waals surface area contributed by atoms with Crippen LogP contribution in [0.3, 0.4) is 0 Å². The minimum atomic E-state index is -2.46. The number of amides is 1. The van der Waals surface area contributed by atoms with E-state index in [2.05, 4.69) is 5.32 Å². The fourth-order valence-corrected chi connectivity index (χ4v) is 2.72. The fourth-order valence-electron chi connectivity index (χ4n) is 1.52. The van der Waals surface area contributed by atoms with Crippen LogP contribution in [-0.4, -0.2) is 33.5 Å². The van der Waals surface area contributed by atoms with Gasteiger partial charge in [-0.1, -0.05) is 0 Å². The van der Waals surface area contributed by atoms with Crippen molar-refractivity contribution >= 4 is 15.8 Å². The lowest BCUT2D eigenvalue weighted by molar-refractivity contribution is 0.0481. The SMILES string of the molecule is CC(C)(C)OC(=O)NC1CC(S(C)(=N)=O)C1. The van der Waals surface area contributed by atoms with E-state index in [4.69, 9.17) is 9.52 Å². The van der Waals surface area contributed by atoms with Gasteiger partial charge in [-0.25, -0.2) is 9.00 Å². The van der Waals surface area contributed by atoms with E-state index < -0.39 is 21.4 Å². The second kappa shape index (κ2) is 4.24. The quantitative estimate of drug-likeness (QED) is 0.781. The summed E-state index contributed by atoms with van der Waals surface area (Å²) in [5.41, 5.74) is -0.499. The molecule has 0 radical (unpaired) electrons. The van der Waals surface area contributed by atoms with Gasteiger partial charge in [0.1, 0.15) is 5.60 Å². The Bertz CT molecular complexity index is 364. The zero-order valence-electron chi connectivity index (χ0n) is 10.2. The Morgan fingerprint density at radius 1 is 1.44 bits per heavy atom. The topological polar surface area (TPSA) is 79.2 Å². The largest absolute Gasteiger partial charge is 0.444 e. The molecule has 5 nitrogen and oxygen atoms in total. The highest BCUT2D eigenvalue weighted by Gasteiger charge is 2.35. The zero-order valence-corrected chi connectivity index (χ0v) is 11.0. The van der Waals surface area contributed by atoms with Crippen molar-refractivity contribution in [3.05, 3.63) is 0 Å². The van der Waals surface area contributed by atoms with Gasteiger partial charge < -0.3 is 10.1 Å². The molecule has 0 aromatic heterocycles. The third-order valence-electron chi connectivity index (χ3n) is 2.45. The maximum atomic E-state index is 11.4. The molecule has 94 valence electrons. The Morgan fingerprint density at radius 3 is 2.31 bits per heavy atom. The highest BCUT2D eigenvalue weighted by Crippen LogP contribution is 2.27. The molecule has 1 fully saturated rings. The first kappa shape index (κ1) is 13.3. The molecule has 0 spiro atoms. The van der Waals surface area contributed by atoms with Crippen molar-refractivity contribution in [2.75, 3.05) is 6.26 Å². The predicted octanol–water partition coefficient (Wildman–Crippen LogP) is 1.72. The Labute approximate surface area is 96.9 Å². The van der Waals surface area contributed by atoms with E-state index in [9.17, 15) is 9.00 Å². The van der Waals surface area contributed by atoms with E-state index in [1.807, 2.05) is 0 Å². The van der Waals surface area contributed by atoms with E-state index in [0.717, 1.165) is 0 Å². The lowest BCUT2D eigenvalue weighted by Gasteiger charge is -2.36. The Kier molecular flexibility index (Phi) is 3.52. The maximum Gasteiger partial charge on any atom is 0.407 e. The average Bonchev–Trinajstić information content (AvgIpc) is 1.89. The molecule has 0 heterocycles. The van der Waals surface area contributed by atoms with Crippen LogP contribution in [0.1, 0.15) is 33.6 Å². The molecule has 0 aliphatic heterocycles. The second-order valence-electron chi connectivity index (χ2n) is 5.34. The molecule has 1 atom stereocenters. The van der Waals surface area contributed by atoms with Crippen molar-refractivity contribution in [2.45, 2.75) is 50.5 Å². The third kappa shape index (κ3) is 4.00. The summed E-state index contributed by atoms with van der Waals surface area (Å²) in [7, 11) is -2.46. The van der Waals surface area contributed by atoms with E-state index in [1.54, 1.807) is 20.8 Å². The molecule has 1 aliphatic carbocycles. The summed E-state index contributed by atoms with van der Waals surface area (Å²) in [5.74, 6) is 0. The lowest BCUT2D eigenvalue weighted by atomic mass is 9.92. The maximum absolute atomic E-state index is 11.4. The van der Waals surface area contributed by atoms with Crippen molar-refractivity contribution in [1.29, 1.82) is 4.78 Å². The third-order valence-corrected chi connectivity index (χ3v) is 4.11. The van der Waals surface area contributed by atoms with E-state index in [0.29, 0.717) is 12.8 Å². The minimum absolute atomic E-state index is 0.00553. The highest BCUT2D eigenvalue weighted by molar-refractivity contribution is 7.92. The van der Waals surface area contributed by atoms with Gasteiger partial charge in [0.25, 0.3) is 0 Å². The summed E-state index contributed by atoms with van der Waals surface area (Å²) < 4.78 is 23.8. The predicted molar refractivity (Wildman–Crippen MR) is 63.0 cm³/mol. The zero-order chi connectivity index (χ0) is 12.6. The van der Waals surface area contributed by atoms with Gasteiger partial charge in [0.05, 0.1) is 0 Å². The van der Waals surface area contributed by atoms with Gasteiger partial charge in [0, 0.05) is 27.3 Å². The van der Waals surface area contributed by atoms with E-state index in [-0.39, 0.29) is 11.3 Å². The number of carbonyl (C=O) groups is 1. The summed E-state index contributed by atoms with van der Waals surface area (Å²) in [6, 6.07) is 0.00553. The molecule has 0 saturated heterocycles. The number of carbonyl (C=O) groups excluding carboxylic acids is 1. The standard InChI is InChI=1S/C10H20N2O3S/c1-10(2,3)15-9(13)12-7-5-8(6-7)16(4,11)14/h7-8,11H,5-6H2,1-4H3,(H,12,13). The number of ether oxygens (including phenoxy) is 1. The van der Waals surface area contributed by atoms with Crippen LogP contribution < -0.4 is 5.32 Å². The Morgan fingerprint density at radius 2 is 1.94 bits per heavy atom. The minimum Gasteiger partial charge on any atom is -0.444 e.